The van der Waals surface area contributed by atoms with Crippen molar-refractivity contribution in [2.75, 3.05) is 0 Å². The number of aromatic nitrogens is 5. The minimum atomic E-state index is -0.471. The Hall–Kier alpha value is -2.61. The quantitative estimate of drug-likeness (QED) is 0.765. The highest BCUT2D eigenvalue weighted by molar-refractivity contribution is 5.76. The first-order valence-electron chi connectivity index (χ1n) is 8.10. The molecule has 4 rings (SSSR count). The molecular formula is C16H18N6O2. The Morgan fingerprint density at radius 3 is 2.88 bits per heavy atom. The summed E-state index contributed by atoms with van der Waals surface area (Å²) in [6, 6.07) is 7.14. The Kier molecular flexibility index (Phi) is 3.61. The lowest BCUT2D eigenvalue weighted by Gasteiger charge is -2.17. The highest BCUT2D eigenvalue weighted by atomic mass is 16.5. The van der Waals surface area contributed by atoms with Crippen LogP contribution >= 0.6 is 0 Å². The Labute approximate surface area is 137 Å². The van der Waals surface area contributed by atoms with Crippen LogP contribution in [-0.2, 0) is 18.5 Å². The van der Waals surface area contributed by atoms with Crippen LogP contribution in [0.2, 0.25) is 0 Å². The van der Waals surface area contributed by atoms with Crippen LogP contribution in [0.25, 0.3) is 10.9 Å². The topological polar surface area (TPSA) is 113 Å². The summed E-state index contributed by atoms with van der Waals surface area (Å²) < 4.78 is 6.61. The van der Waals surface area contributed by atoms with Gasteiger partial charge in [-0.15, -0.1) is 5.10 Å². The minimum Gasteiger partial charge on any atom is -0.339 e. The van der Waals surface area contributed by atoms with Crippen molar-refractivity contribution in [1.29, 1.82) is 0 Å². The van der Waals surface area contributed by atoms with Crippen molar-refractivity contribution < 1.29 is 4.52 Å². The third-order valence-corrected chi connectivity index (χ3v) is 4.58. The molecule has 1 saturated carbocycles. The molecular weight excluding hydrogens is 308 g/mol. The van der Waals surface area contributed by atoms with E-state index in [4.69, 9.17) is 10.3 Å². The van der Waals surface area contributed by atoms with Crippen LogP contribution in [0.15, 0.2) is 33.6 Å². The maximum atomic E-state index is 12.4. The molecule has 1 aromatic carbocycles. The lowest BCUT2D eigenvalue weighted by atomic mass is 9.99. The maximum absolute atomic E-state index is 12.4. The second kappa shape index (κ2) is 5.79. The summed E-state index contributed by atoms with van der Waals surface area (Å²) in [5, 5.41) is 12.6. The van der Waals surface area contributed by atoms with Crippen LogP contribution in [-0.4, -0.2) is 25.1 Å². The molecule has 0 bridgehead atoms. The highest BCUT2D eigenvalue weighted by Gasteiger charge is 2.35. The van der Waals surface area contributed by atoms with E-state index in [2.05, 4.69) is 20.5 Å². The van der Waals surface area contributed by atoms with Crippen molar-refractivity contribution >= 4 is 10.9 Å². The van der Waals surface area contributed by atoms with Gasteiger partial charge < -0.3 is 10.3 Å². The monoisotopic (exact) mass is 326 g/mol. The number of hydrogen-bond acceptors (Lipinski definition) is 7. The largest absolute Gasteiger partial charge is 0.339 e. The third kappa shape index (κ3) is 2.58. The van der Waals surface area contributed by atoms with Gasteiger partial charge in [0.1, 0.15) is 5.52 Å². The lowest BCUT2D eigenvalue weighted by molar-refractivity contribution is 0.342. The van der Waals surface area contributed by atoms with E-state index in [1.165, 1.54) is 4.68 Å². The summed E-state index contributed by atoms with van der Waals surface area (Å²) in [4.78, 5) is 16.8. The SMILES string of the molecule is NC1(c2noc(CCn3nnc4ccccc4c3=O)n2)CCCC1. The first-order valence-corrected chi connectivity index (χ1v) is 8.10. The fraction of sp³-hybridized carbons (Fsp3) is 0.438. The Morgan fingerprint density at radius 2 is 2.04 bits per heavy atom. The molecule has 8 heteroatoms. The molecule has 0 amide bonds. The Balaban J connectivity index is 1.52. The van der Waals surface area contributed by atoms with Crippen molar-refractivity contribution in [2.45, 2.75) is 44.2 Å². The second-order valence-corrected chi connectivity index (χ2v) is 6.26. The standard InChI is InChI=1S/C16H18N6O2/c17-16(8-3-4-9-16)15-18-13(24-20-15)7-10-22-14(23)11-5-1-2-6-12(11)19-21-22/h1-2,5-6H,3-4,7-10,17H2. The second-order valence-electron chi connectivity index (χ2n) is 6.26. The van der Waals surface area contributed by atoms with Crippen molar-refractivity contribution in [1.82, 2.24) is 25.1 Å². The van der Waals surface area contributed by atoms with Gasteiger partial charge >= 0.3 is 0 Å². The Morgan fingerprint density at radius 1 is 1.25 bits per heavy atom. The van der Waals surface area contributed by atoms with E-state index in [1.54, 1.807) is 12.1 Å². The van der Waals surface area contributed by atoms with Crippen LogP contribution in [0.3, 0.4) is 0 Å². The van der Waals surface area contributed by atoms with Gasteiger partial charge in [-0.25, -0.2) is 4.68 Å². The van der Waals surface area contributed by atoms with Crippen molar-refractivity contribution in [3.63, 3.8) is 0 Å². The van der Waals surface area contributed by atoms with Gasteiger partial charge in [-0.3, -0.25) is 4.79 Å². The van der Waals surface area contributed by atoms with Crippen molar-refractivity contribution in [3.05, 3.63) is 46.3 Å². The first-order chi connectivity index (χ1) is 11.7. The van der Waals surface area contributed by atoms with Gasteiger partial charge in [0.05, 0.1) is 17.5 Å². The van der Waals surface area contributed by atoms with Gasteiger partial charge in [-0.05, 0) is 25.0 Å². The molecule has 0 aliphatic heterocycles. The fourth-order valence-corrected chi connectivity index (χ4v) is 3.16. The maximum Gasteiger partial charge on any atom is 0.277 e. The molecule has 1 aliphatic carbocycles. The molecule has 0 saturated heterocycles. The average molecular weight is 326 g/mol. The van der Waals surface area contributed by atoms with Gasteiger partial charge in [-0.1, -0.05) is 35.3 Å². The fourth-order valence-electron chi connectivity index (χ4n) is 3.16. The normalized spacial score (nSPS) is 16.7. The van der Waals surface area contributed by atoms with E-state index in [-0.39, 0.29) is 5.56 Å². The number of hydrogen-bond donors (Lipinski definition) is 1. The number of fused-ring (bicyclic) bond motifs is 1. The van der Waals surface area contributed by atoms with Gasteiger partial charge in [0.2, 0.25) is 5.89 Å². The molecule has 0 radical (unpaired) electrons. The van der Waals surface area contributed by atoms with Gasteiger partial charge in [-0.2, -0.15) is 4.98 Å². The molecule has 0 unspecified atom stereocenters. The summed E-state index contributed by atoms with van der Waals surface area (Å²) in [5.41, 5.74) is 6.27. The van der Waals surface area contributed by atoms with E-state index in [9.17, 15) is 4.79 Å². The lowest BCUT2D eigenvalue weighted by Crippen LogP contribution is -2.34. The highest BCUT2D eigenvalue weighted by Crippen LogP contribution is 2.34. The predicted octanol–water partition coefficient (Wildman–Crippen LogP) is 1.15. The van der Waals surface area contributed by atoms with E-state index >= 15 is 0 Å². The van der Waals surface area contributed by atoms with E-state index in [0.717, 1.165) is 25.7 Å². The molecule has 1 fully saturated rings. The molecule has 3 aromatic rings. The summed E-state index contributed by atoms with van der Waals surface area (Å²) in [7, 11) is 0. The summed E-state index contributed by atoms with van der Waals surface area (Å²) in [6.45, 7) is 0.329. The molecule has 2 heterocycles. The predicted molar refractivity (Wildman–Crippen MR) is 86.1 cm³/mol. The molecule has 2 N–H and O–H groups in total. The number of rotatable bonds is 4. The third-order valence-electron chi connectivity index (χ3n) is 4.58. The van der Waals surface area contributed by atoms with Crippen LogP contribution in [0.5, 0.6) is 0 Å². The zero-order valence-electron chi connectivity index (χ0n) is 13.2. The molecule has 1 aliphatic rings. The van der Waals surface area contributed by atoms with Gasteiger partial charge in [0, 0.05) is 6.42 Å². The Bertz CT molecular complexity index is 925. The number of nitrogens with zero attached hydrogens (tertiary/aromatic N) is 5. The number of aryl methyl sites for hydroxylation is 2. The zero-order valence-corrected chi connectivity index (χ0v) is 13.2. The molecule has 0 spiro atoms. The molecule has 0 atom stereocenters. The summed E-state index contributed by atoms with van der Waals surface area (Å²) >= 11 is 0. The summed E-state index contributed by atoms with van der Waals surface area (Å²) in [6.07, 6.45) is 4.34. The van der Waals surface area contributed by atoms with Crippen molar-refractivity contribution in [3.8, 4) is 0 Å². The van der Waals surface area contributed by atoms with Gasteiger partial charge in [0.25, 0.3) is 5.56 Å². The van der Waals surface area contributed by atoms with Crippen LogP contribution in [0, 0.1) is 0 Å². The minimum absolute atomic E-state index is 0.175. The van der Waals surface area contributed by atoms with Crippen LogP contribution < -0.4 is 11.3 Å². The first kappa shape index (κ1) is 14.9. The van der Waals surface area contributed by atoms with Crippen LogP contribution in [0.1, 0.15) is 37.4 Å². The molecule has 124 valence electrons. The molecule has 2 aromatic heterocycles. The van der Waals surface area contributed by atoms with E-state index in [1.807, 2.05) is 12.1 Å². The van der Waals surface area contributed by atoms with E-state index in [0.29, 0.717) is 35.6 Å². The smallest absolute Gasteiger partial charge is 0.277 e. The number of nitrogens with two attached hydrogens (primary N) is 1. The average Bonchev–Trinajstić information content (AvgIpc) is 3.25. The van der Waals surface area contributed by atoms with Gasteiger partial charge in [0.15, 0.2) is 5.82 Å². The van der Waals surface area contributed by atoms with E-state index < -0.39 is 5.54 Å². The summed E-state index contributed by atoms with van der Waals surface area (Å²) in [5.74, 6) is 1.02. The number of benzene rings is 1. The molecule has 24 heavy (non-hydrogen) atoms. The zero-order chi connectivity index (χ0) is 16.6. The molecule has 8 nitrogen and oxygen atoms in total. The van der Waals surface area contributed by atoms with Crippen LogP contribution in [0.4, 0.5) is 0 Å². The van der Waals surface area contributed by atoms with Crippen molar-refractivity contribution in [2.24, 2.45) is 5.73 Å².